The van der Waals surface area contributed by atoms with Crippen molar-refractivity contribution in [3.05, 3.63) is 24.8 Å². The van der Waals surface area contributed by atoms with Crippen LogP contribution in [0.3, 0.4) is 0 Å². The van der Waals surface area contributed by atoms with E-state index < -0.39 is 5.97 Å². The maximum absolute atomic E-state index is 9.76. The van der Waals surface area contributed by atoms with Gasteiger partial charge >= 0.3 is 5.97 Å². The summed E-state index contributed by atoms with van der Waals surface area (Å²) in [6, 6.07) is 0. The summed E-state index contributed by atoms with van der Waals surface area (Å²) in [7, 11) is 0. The fourth-order valence-corrected chi connectivity index (χ4v) is 0.0873. The van der Waals surface area contributed by atoms with E-state index in [1.54, 1.807) is 0 Å². The molecule has 3 heteroatoms. The van der Waals surface area contributed by atoms with Crippen LogP contribution in [0, 0.1) is 0 Å². The third-order valence-electron chi connectivity index (χ3n) is 0.521. The molecule has 0 fully saturated rings. The monoisotopic (exact) mass is 115 g/mol. The number of carboxylic acid groups (broad SMARTS) is 1. The molecule has 0 aliphatic carbocycles. The Morgan fingerprint density at radius 3 is 2.00 bits per heavy atom. The van der Waals surface area contributed by atoms with Gasteiger partial charge < -0.3 is 11.3 Å². The van der Waals surface area contributed by atoms with Crippen LogP contribution in [0.4, 0.5) is 0 Å². The van der Waals surface area contributed by atoms with Crippen molar-refractivity contribution in [2.75, 3.05) is 0 Å². The predicted octanol–water partition coefficient (Wildman–Crippen LogP) is 0.975. The van der Waals surface area contributed by atoms with E-state index in [-0.39, 0.29) is 11.7 Å². The van der Waals surface area contributed by atoms with Crippen molar-refractivity contribution in [2.45, 2.75) is 0 Å². The molecule has 0 aromatic heterocycles. The molecule has 8 heavy (non-hydrogen) atoms. The molecular weight excluding hydrogens is 106 g/mol. The molecule has 0 saturated carbocycles. The first-order chi connectivity index (χ1) is 3.18. The predicted molar refractivity (Wildman–Crippen MR) is 32.0 cm³/mol. The van der Waals surface area contributed by atoms with E-state index in [1.165, 1.54) is 6.08 Å². The second-order valence-corrected chi connectivity index (χ2v) is 1.03. The summed E-state index contributed by atoms with van der Waals surface area (Å²) < 4.78 is 0. The van der Waals surface area contributed by atoms with E-state index in [0.717, 1.165) is 0 Å². The number of hydrogen-bond donors (Lipinski definition) is 2. The Balaban J connectivity index is 0. The minimum atomic E-state index is -1.02. The quantitative estimate of drug-likeness (QED) is 0.416. The van der Waals surface area contributed by atoms with Gasteiger partial charge in [0.05, 0.1) is 5.57 Å². The van der Waals surface area contributed by atoms with E-state index in [4.69, 9.17) is 5.11 Å². The highest BCUT2D eigenvalue weighted by Crippen LogP contribution is 1.86. The number of hydrogen-bond acceptors (Lipinski definition) is 2. The highest BCUT2D eigenvalue weighted by atomic mass is 16.4. The Hall–Kier alpha value is -1.09. The number of rotatable bonds is 2. The molecule has 4 N–H and O–H groups in total. The molecule has 0 heterocycles. The zero-order chi connectivity index (χ0) is 5.86. The van der Waals surface area contributed by atoms with E-state index in [1.807, 2.05) is 0 Å². The fourth-order valence-electron chi connectivity index (χ4n) is 0.0873. The van der Waals surface area contributed by atoms with Crippen molar-refractivity contribution in [3.63, 3.8) is 0 Å². The van der Waals surface area contributed by atoms with Crippen molar-refractivity contribution in [1.82, 2.24) is 6.15 Å². The van der Waals surface area contributed by atoms with Gasteiger partial charge in [0, 0.05) is 0 Å². The number of carboxylic acids is 1. The molecule has 0 bridgehead atoms. The van der Waals surface area contributed by atoms with Crippen molar-refractivity contribution in [1.29, 1.82) is 0 Å². The third kappa shape index (κ3) is 3.11. The smallest absolute Gasteiger partial charge is 0.335 e. The molecule has 0 aromatic rings. The average molecular weight is 115 g/mol. The second-order valence-electron chi connectivity index (χ2n) is 1.03. The lowest BCUT2D eigenvalue weighted by molar-refractivity contribution is -0.132. The van der Waals surface area contributed by atoms with Crippen molar-refractivity contribution < 1.29 is 9.90 Å². The molecule has 0 aliphatic rings. The normalized spacial score (nSPS) is 6.50. The zero-order valence-corrected chi connectivity index (χ0v) is 4.55. The average Bonchev–Trinajstić information content (AvgIpc) is 1.65. The largest absolute Gasteiger partial charge is 0.478 e. The lowest BCUT2D eigenvalue weighted by Gasteiger charge is -1.82. The highest BCUT2D eigenvalue weighted by molar-refractivity contribution is 5.88. The fraction of sp³-hybridized carbons (Fsp3) is 0. The molecule has 0 amide bonds. The summed E-state index contributed by atoms with van der Waals surface area (Å²) in [6.07, 6.45) is 1.20. The molecule has 0 rings (SSSR count). The molecule has 0 unspecified atom stereocenters. The number of aliphatic carboxylic acids is 1. The van der Waals surface area contributed by atoms with Gasteiger partial charge in [0.15, 0.2) is 0 Å². The van der Waals surface area contributed by atoms with Crippen LogP contribution < -0.4 is 6.15 Å². The Morgan fingerprint density at radius 2 is 2.00 bits per heavy atom. The van der Waals surface area contributed by atoms with Gasteiger partial charge in [-0.05, 0) is 0 Å². The van der Waals surface area contributed by atoms with Crippen molar-refractivity contribution >= 4 is 5.97 Å². The van der Waals surface area contributed by atoms with Crippen LogP contribution in [0.5, 0.6) is 0 Å². The van der Waals surface area contributed by atoms with Crippen molar-refractivity contribution in [3.8, 4) is 0 Å². The Kier molecular flexibility index (Phi) is 5.10. The SMILES string of the molecule is C=CC(=C)C(=O)O.N. The molecule has 0 spiro atoms. The number of carbonyl (C=O) groups is 1. The first kappa shape index (κ1) is 10.0. The molecule has 0 radical (unpaired) electrons. The van der Waals surface area contributed by atoms with Gasteiger partial charge in [0.2, 0.25) is 0 Å². The molecule has 0 aliphatic heterocycles. The summed E-state index contributed by atoms with van der Waals surface area (Å²) in [5.41, 5.74) is 0.0278. The molecule has 0 saturated heterocycles. The summed E-state index contributed by atoms with van der Waals surface area (Å²) in [5.74, 6) is -1.02. The topological polar surface area (TPSA) is 72.3 Å². The first-order valence-electron chi connectivity index (χ1n) is 1.73. The molecular formula is C5H9NO2. The Morgan fingerprint density at radius 1 is 1.62 bits per heavy atom. The van der Waals surface area contributed by atoms with Crippen LogP contribution in [-0.2, 0) is 4.79 Å². The van der Waals surface area contributed by atoms with Gasteiger partial charge in [-0.3, -0.25) is 0 Å². The molecule has 0 aromatic carbocycles. The third-order valence-corrected chi connectivity index (χ3v) is 0.521. The Labute approximate surface area is 47.9 Å². The summed E-state index contributed by atoms with van der Waals surface area (Å²) in [6.45, 7) is 6.36. The van der Waals surface area contributed by atoms with E-state index in [2.05, 4.69) is 13.2 Å². The standard InChI is InChI=1S/C5H6O2.H3N/c1-3-4(2)5(6)7;/h3H,1-2H2,(H,6,7);1H3. The van der Waals surface area contributed by atoms with Gasteiger partial charge in [-0.2, -0.15) is 0 Å². The van der Waals surface area contributed by atoms with Crippen LogP contribution in [0.2, 0.25) is 0 Å². The second kappa shape index (κ2) is 4.08. The molecule has 0 atom stereocenters. The lowest BCUT2D eigenvalue weighted by Crippen LogP contribution is -1.93. The van der Waals surface area contributed by atoms with Crippen LogP contribution >= 0.6 is 0 Å². The maximum Gasteiger partial charge on any atom is 0.335 e. The van der Waals surface area contributed by atoms with E-state index in [9.17, 15) is 4.79 Å². The molecule has 3 nitrogen and oxygen atoms in total. The van der Waals surface area contributed by atoms with E-state index >= 15 is 0 Å². The van der Waals surface area contributed by atoms with Gasteiger partial charge in [0.1, 0.15) is 0 Å². The Bertz CT molecular complexity index is 118. The minimum Gasteiger partial charge on any atom is -0.478 e. The van der Waals surface area contributed by atoms with Crippen LogP contribution in [0.1, 0.15) is 0 Å². The maximum atomic E-state index is 9.76. The van der Waals surface area contributed by atoms with Gasteiger partial charge in [0.25, 0.3) is 0 Å². The molecule has 46 valence electrons. The van der Waals surface area contributed by atoms with Gasteiger partial charge in [-0.15, -0.1) is 0 Å². The van der Waals surface area contributed by atoms with Crippen LogP contribution in [0.15, 0.2) is 24.8 Å². The summed E-state index contributed by atoms with van der Waals surface area (Å²) >= 11 is 0. The van der Waals surface area contributed by atoms with Crippen molar-refractivity contribution in [2.24, 2.45) is 0 Å². The first-order valence-corrected chi connectivity index (χ1v) is 1.73. The lowest BCUT2D eigenvalue weighted by atomic mass is 10.3. The van der Waals surface area contributed by atoms with E-state index in [0.29, 0.717) is 0 Å². The van der Waals surface area contributed by atoms with Crippen LogP contribution in [-0.4, -0.2) is 11.1 Å². The van der Waals surface area contributed by atoms with Gasteiger partial charge in [-0.1, -0.05) is 19.2 Å². The highest BCUT2D eigenvalue weighted by Gasteiger charge is 1.93. The van der Waals surface area contributed by atoms with Crippen LogP contribution in [0.25, 0.3) is 0 Å². The minimum absolute atomic E-state index is 0. The summed E-state index contributed by atoms with van der Waals surface area (Å²) in [5, 5.41) is 8.01. The van der Waals surface area contributed by atoms with Gasteiger partial charge in [-0.25, -0.2) is 4.79 Å². The summed E-state index contributed by atoms with van der Waals surface area (Å²) in [4.78, 5) is 9.76. The zero-order valence-electron chi connectivity index (χ0n) is 4.55.